The number of aryl methyl sites for hydroxylation is 1. The van der Waals surface area contributed by atoms with E-state index in [1.807, 2.05) is 16.8 Å². The number of hydrogen-bond acceptors (Lipinski definition) is 8. The van der Waals surface area contributed by atoms with Crippen LogP contribution in [0.3, 0.4) is 0 Å². The predicted octanol–water partition coefficient (Wildman–Crippen LogP) is 4.55. The topological polar surface area (TPSA) is 113 Å². The second-order valence-electron chi connectivity index (χ2n) is 7.47. The normalized spacial score (nSPS) is 11.1. The summed E-state index contributed by atoms with van der Waals surface area (Å²) in [6, 6.07) is 9.59. The molecule has 0 N–H and O–H groups in total. The molecule has 11 heteroatoms. The Hall–Kier alpha value is -4.25. The molecule has 1 amide bonds. The molecule has 0 bridgehead atoms. The van der Waals surface area contributed by atoms with Crippen LogP contribution in [-0.4, -0.2) is 46.1 Å². The minimum absolute atomic E-state index is 0.00743. The van der Waals surface area contributed by atoms with Gasteiger partial charge in [0, 0.05) is 43.7 Å². The number of non-ortho nitro benzene ring substituents is 1. The number of aromatic nitrogens is 3. The lowest BCUT2D eigenvalue weighted by Gasteiger charge is -2.18. The quantitative estimate of drug-likeness (QED) is 0.181. The molecule has 0 aliphatic heterocycles. The van der Waals surface area contributed by atoms with E-state index in [4.69, 9.17) is 14.5 Å². The number of fused-ring (bicyclic) bond motifs is 1. The molecule has 4 rings (SSSR count). The van der Waals surface area contributed by atoms with Crippen LogP contribution < -0.4 is 14.4 Å². The molecule has 2 aromatic heterocycles. The maximum atomic E-state index is 13.3. The molecular formula is C24H23N5O5S. The Kier molecular flexibility index (Phi) is 7.36. The van der Waals surface area contributed by atoms with Crippen molar-refractivity contribution in [2.75, 3.05) is 25.7 Å². The van der Waals surface area contributed by atoms with Crippen LogP contribution in [0.5, 0.6) is 11.5 Å². The second kappa shape index (κ2) is 10.8. The Morgan fingerprint density at radius 3 is 2.57 bits per heavy atom. The van der Waals surface area contributed by atoms with Gasteiger partial charge in [-0.1, -0.05) is 11.3 Å². The molecule has 2 aromatic carbocycles. The molecule has 0 spiro atoms. The third-order valence-electron chi connectivity index (χ3n) is 5.28. The Bertz CT molecular complexity index is 1310. The zero-order chi connectivity index (χ0) is 24.8. The average molecular weight is 494 g/mol. The third-order valence-corrected chi connectivity index (χ3v) is 6.37. The lowest BCUT2D eigenvalue weighted by atomic mass is 10.2. The van der Waals surface area contributed by atoms with E-state index in [1.165, 1.54) is 29.5 Å². The van der Waals surface area contributed by atoms with Crippen molar-refractivity contribution in [3.05, 3.63) is 76.9 Å². The van der Waals surface area contributed by atoms with Gasteiger partial charge in [0.25, 0.3) is 11.6 Å². The average Bonchev–Trinajstić information content (AvgIpc) is 3.55. The van der Waals surface area contributed by atoms with E-state index in [0.29, 0.717) is 47.2 Å². The van der Waals surface area contributed by atoms with Crippen molar-refractivity contribution in [2.24, 2.45) is 0 Å². The highest BCUT2D eigenvalue weighted by Crippen LogP contribution is 2.40. The fraction of sp³-hybridized carbons (Fsp3) is 0.208. The van der Waals surface area contributed by atoms with Gasteiger partial charge in [0.2, 0.25) is 0 Å². The van der Waals surface area contributed by atoms with Crippen molar-refractivity contribution in [2.45, 2.75) is 13.0 Å². The van der Waals surface area contributed by atoms with Crippen molar-refractivity contribution in [1.82, 2.24) is 14.5 Å². The van der Waals surface area contributed by atoms with E-state index in [-0.39, 0.29) is 11.6 Å². The zero-order valence-corrected chi connectivity index (χ0v) is 20.0. The molecule has 0 aliphatic carbocycles. The number of nitro benzene ring substituents is 1. The minimum Gasteiger partial charge on any atom is -0.495 e. The number of hydrogen-bond donors (Lipinski definition) is 0. The highest BCUT2D eigenvalue weighted by Gasteiger charge is 2.21. The van der Waals surface area contributed by atoms with Crippen LogP contribution in [0.15, 0.2) is 61.2 Å². The lowest BCUT2D eigenvalue weighted by Crippen LogP contribution is -2.30. The molecule has 0 saturated heterocycles. The molecule has 2 heterocycles. The van der Waals surface area contributed by atoms with Crippen LogP contribution in [0.25, 0.3) is 16.3 Å². The van der Waals surface area contributed by atoms with Gasteiger partial charge in [0.15, 0.2) is 5.13 Å². The van der Waals surface area contributed by atoms with Gasteiger partial charge in [-0.2, -0.15) is 0 Å². The van der Waals surface area contributed by atoms with E-state index in [2.05, 4.69) is 4.98 Å². The Labute approximate surface area is 205 Å². The van der Waals surface area contributed by atoms with E-state index < -0.39 is 4.92 Å². The van der Waals surface area contributed by atoms with Crippen LogP contribution in [0.1, 0.15) is 12.0 Å². The highest BCUT2D eigenvalue weighted by atomic mass is 32.1. The highest BCUT2D eigenvalue weighted by molar-refractivity contribution is 7.22. The molecule has 0 fully saturated rings. The van der Waals surface area contributed by atoms with E-state index in [0.717, 1.165) is 4.70 Å². The molecular weight excluding hydrogens is 470 g/mol. The molecule has 0 atom stereocenters. The van der Waals surface area contributed by atoms with Crippen molar-refractivity contribution in [1.29, 1.82) is 0 Å². The lowest BCUT2D eigenvalue weighted by molar-refractivity contribution is -0.384. The van der Waals surface area contributed by atoms with Crippen molar-refractivity contribution in [3.63, 3.8) is 0 Å². The fourth-order valence-electron chi connectivity index (χ4n) is 3.48. The summed E-state index contributed by atoms with van der Waals surface area (Å²) in [7, 11) is 3.16. The van der Waals surface area contributed by atoms with Crippen LogP contribution in [0, 0.1) is 10.1 Å². The Morgan fingerprint density at radius 1 is 1.17 bits per heavy atom. The summed E-state index contributed by atoms with van der Waals surface area (Å²) in [4.78, 5) is 34.1. The predicted molar refractivity (Wildman–Crippen MR) is 134 cm³/mol. The number of imidazole rings is 1. The van der Waals surface area contributed by atoms with Crippen LogP contribution in [0.2, 0.25) is 0 Å². The molecule has 0 radical (unpaired) electrons. The van der Waals surface area contributed by atoms with Gasteiger partial charge >= 0.3 is 0 Å². The van der Waals surface area contributed by atoms with Gasteiger partial charge in [0.1, 0.15) is 21.7 Å². The number of methoxy groups -OCH3 is 2. The number of benzene rings is 2. The van der Waals surface area contributed by atoms with Crippen LogP contribution in [0.4, 0.5) is 10.8 Å². The summed E-state index contributed by atoms with van der Waals surface area (Å²) < 4.78 is 13.7. The zero-order valence-electron chi connectivity index (χ0n) is 19.2. The first-order valence-corrected chi connectivity index (χ1v) is 11.5. The number of thiazole rings is 1. The number of amides is 1. The summed E-state index contributed by atoms with van der Waals surface area (Å²) in [6.45, 7) is 1.11. The summed E-state index contributed by atoms with van der Waals surface area (Å²) in [5.41, 5.74) is 1.29. The number of nitro groups is 1. The standard InChI is InChI=1S/C24H23N5O5S/c1-33-19-9-10-20(34-2)23-22(19)26-24(35-23)28(14-3-13-27-15-12-25-16-27)21(30)11-6-17-4-7-18(8-5-17)29(31)32/h4-12,15-16H,3,13-14H2,1-2H3/b11-6+. The molecule has 4 aromatic rings. The van der Waals surface area contributed by atoms with Crippen LogP contribution >= 0.6 is 11.3 Å². The smallest absolute Gasteiger partial charge is 0.269 e. The molecule has 10 nitrogen and oxygen atoms in total. The maximum absolute atomic E-state index is 13.3. The monoisotopic (exact) mass is 493 g/mol. The SMILES string of the molecule is COc1ccc(OC)c2sc(N(CCCn3ccnc3)C(=O)/C=C/c3ccc([N+](=O)[O-])cc3)nc12. The Balaban J connectivity index is 1.62. The minimum atomic E-state index is -0.462. The summed E-state index contributed by atoms with van der Waals surface area (Å²) in [5.74, 6) is 0.985. The van der Waals surface area contributed by atoms with Gasteiger partial charge < -0.3 is 14.0 Å². The van der Waals surface area contributed by atoms with Gasteiger partial charge in [0.05, 0.1) is 25.5 Å². The van der Waals surface area contributed by atoms with E-state index >= 15 is 0 Å². The Morgan fingerprint density at radius 2 is 1.91 bits per heavy atom. The number of ether oxygens (including phenoxy) is 2. The van der Waals surface area contributed by atoms with E-state index in [1.54, 1.807) is 55.9 Å². The van der Waals surface area contributed by atoms with Gasteiger partial charge in [-0.3, -0.25) is 19.8 Å². The van der Waals surface area contributed by atoms with Crippen molar-refractivity contribution >= 4 is 44.4 Å². The number of anilines is 1. The summed E-state index contributed by atoms with van der Waals surface area (Å²) in [5, 5.41) is 11.4. The summed E-state index contributed by atoms with van der Waals surface area (Å²) in [6.07, 6.45) is 9.06. The van der Waals surface area contributed by atoms with Gasteiger partial charge in [-0.05, 0) is 42.3 Å². The van der Waals surface area contributed by atoms with Gasteiger partial charge in [-0.25, -0.2) is 9.97 Å². The largest absolute Gasteiger partial charge is 0.495 e. The van der Waals surface area contributed by atoms with E-state index in [9.17, 15) is 14.9 Å². The van der Waals surface area contributed by atoms with Crippen LogP contribution in [-0.2, 0) is 11.3 Å². The fourth-order valence-corrected chi connectivity index (χ4v) is 4.59. The first-order chi connectivity index (χ1) is 17.0. The summed E-state index contributed by atoms with van der Waals surface area (Å²) >= 11 is 1.35. The first-order valence-electron chi connectivity index (χ1n) is 10.7. The molecule has 0 unspecified atom stereocenters. The number of nitrogens with zero attached hydrogens (tertiary/aromatic N) is 5. The number of rotatable bonds is 10. The molecule has 0 saturated carbocycles. The van der Waals surface area contributed by atoms with Crippen molar-refractivity contribution in [3.8, 4) is 11.5 Å². The van der Waals surface area contributed by atoms with Gasteiger partial charge in [-0.15, -0.1) is 0 Å². The first kappa shape index (κ1) is 23.9. The second-order valence-corrected chi connectivity index (χ2v) is 8.45. The third kappa shape index (κ3) is 5.46. The molecule has 0 aliphatic rings. The molecule has 35 heavy (non-hydrogen) atoms. The molecule has 180 valence electrons. The number of carbonyl (C=O) groups excluding carboxylic acids is 1. The van der Waals surface area contributed by atoms with Crippen molar-refractivity contribution < 1.29 is 19.2 Å². The maximum Gasteiger partial charge on any atom is 0.269 e. The number of carbonyl (C=O) groups is 1.